The maximum Gasteiger partial charge on any atom is 0.0895 e. The molecule has 1 aromatic rings. The summed E-state index contributed by atoms with van der Waals surface area (Å²) < 4.78 is 5.80. The highest BCUT2D eigenvalue weighted by Gasteiger charge is 2.36. The minimum Gasteiger partial charge on any atom is -0.374 e. The predicted molar refractivity (Wildman–Crippen MR) is 79.8 cm³/mol. The van der Waals surface area contributed by atoms with Gasteiger partial charge in [-0.3, -0.25) is 4.90 Å². The minimum atomic E-state index is -0.0754. The van der Waals surface area contributed by atoms with Crippen molar-refractivity contribution >= 4 is 23.2 Å². The van der Waals surface area contributed by atoms with Crippen molar-refractivity contribution in [3.05, 3.63) is 33.8 Å². The molecule has 106 valence electrons. The molecule has 0 aliphatic carbocycles. The first-order valence-corrected chi connectivity index (χ1v) is 7.33. The lowest BCUT2D eigenvalue weighted by Gasteiger charge is -2.44. The largest absolute Gasteiger partial charge is 0.374 e. The van der Waals surface area contributed by atoms with Gasteiger partial charge in [-0.15, -0.1) is 0 Å². The fraction of sp³-hybridized carbons (Fsp3) is 0.571. The molecule has 1 fully saturated rings. The summed E-state index contributed by atoms with van der Waals surface area (Å²) in [4.78, 5) is 2.36. The van der Waals surface area contributed by atoms with E-state index in [9.17, 15) is 0 Å². The molecular formula is C14H20Cl2N2O. The first-order chi connectivity index (χ1) is 9.06. The molecule has 0 amide bonds. The summed E-state index contributed by atoms with van der Waals surface area (Å²) in [5, 5.41) is 1.35. The van der Waals surface area contributed by atoms with Crippen molar-refractivity contribution in [2.45, 2.75) is 32.0 Å². The number of ether oxygens (including phenoxy) is 1. The van der Waals surface area contributed by atoms with Gasteiger partial charge in [-0.2, -0.15) is 0 Å². The Morgan fingerprint density at radius 3 is 2.53 bits per heavy atom. The quantitative estimate of drug-likeness (QED) is 0.932. The molecular weight excluding hydrogens is 283 g/mol. The van der Waals surface area contributed by atoms with Crippen LogP contribution in [0.25, 0.3) is 0 Å². The van der Waals surface area contributed by atoms with E-state index in [1.165, 1.54) is 0 Å². The standard InChI is InChI=1S/C14H20Cl2N2O/c1-9(2)18-6-7-19-12(8-17)14(18)13-10(15)4-3-5-11(13)16/h3-5,9,12,14H,6-8,17H2,1-2H3. The number of benzene rings is 1. The second kappa shape index (κ2) is 6.42. The van der Waals surface area contributed by atoms with Gasteiger partial charge in [-0.25, -0.2) is 0 Å². The highest BCUT2D eigenvalue weighted by Crippen LogP contribution is 2.38. The topological polar surface area (TPSA) is 38.5 Å². The van der Waals surface area contributed by atoms with E-state index < -0.39 is 0 Å². The van der Waals surface area contributed by atoms with Crippen LogP contribution in [0.2, 0.25) is 10.0 Å². The Kier molecular flexibility index (Phi) is 5.09. The molecule has 1 aliphatic heterocycles. The van der Waals surface area contributed by atoms with Gasteiger partial charge < -0.3 is 10.5 Å². The van der Waals surface area contributed by atoms with E-state index in [1.807, 2.05) is 18.2 Å². The van der Waals surface area contributed by atoms with E-state index in [-0.39, 0.29) is 12.1 Å². The molecule has 1 aliphatic rings. The van der Waals surface area contributed by atoms with Gasteiger partial charge in [0.1, 0.15) is 0 Å². The molecule has 5 heteroatoms. The van der Waals surface area contributed by atoms with Crippen LogP contribution in [0.3, 0.4) is 0 Å². The van der Waals surface area contributed by atoms with Gasteiger partial charge in [0.2, 0.25) is 0 Å². The van der Waals surface area contributed by atoms with E-state index in [0.717, 1.165) is 12.1 Å². The van der Waals surface area contributed by atoms with Crippen molar-refractivity contribution in [3.63, 3.8) is 0 Å². The maximum atomic E-state index is 6.35. The molecule has 0 radical (unpaired) electrons. The summed E-state index contributed by atoms with van der Waals surface area (Å²) in [6, 6.07) is 5.98. The van der Waals surface area contributed by atoms with Gasteiger partial charge >= 0.3 is 0 Å². The SMILES string of the molecule is CC(C)N1CCOC(CN)C1c1c(Cl)cccc1Cl. The lowest BCUT2D eigenvalue weighted by molar-refractivity contribution is -0.0788. The van der Waals surface area contributed by atoms with Crippen LogP contribution in [-0.4, -0.2) is 36.7 Å². The highest BCUT2D eigenvalue weighted by molar-refractivity contribution is 6.36. The van der Waals surface area contributed by atoms with Gasteiger partial charge in [-0.1, -0.05) is 29.3 Å². The lowest BCUT2D eigenvalue weighted by atomic mass is 9.96. The van der Waals surface area contributed by atoms with Crippen LogP contribution in [0.4, 0.5) is 0 Å². The van der Waals surface area contributed by atoms with Crippen LogP contribution in [0.15, 0.2) is 18.2 Å². The van der Waals surface area contributed by atoms with Crippen molar-refractivity contribution < 1.29 is 4.74 Å². The average molecular weight is 303 g/mol. The van der Waals surface area contributed by atoms with Gasteiger partial charge in [0.05, 0.1) is 18.8 Å². The molecule has 1 heterocycles. The highest BCUT2D eigenvalue weighted by atomic mass is 35.5. The third kappa shape index (κ3) is 3.06. The number of morpholine rings is 1. The smallest absolute Gasteiger partial charge is 0.0895 e. The van der Waals surface area contributed by atoms with Crippen molar-refractivity contribution in [2.24, 2.45) is 5.73 Å². The fourth-order valence-corrected chi connectivity index (χ4v) is 3.30. The zero-order chi connectivity index (χ0) is 14.0. The zero-order valence-electron chi connectivity index (χ0n) is 11.3. The maximum absolute atomic E-state index is 6.35. The van der Waals surface area contributed by atoms with E-state index in [2.05, 4.69) is 18.7 Å². The summed E-state index contributed by atoms with van der Waals surface area (Å²) in [7, 11) is 0. The van der Waals surface area contributed by atoms with Crippen molar-refractivity contribution in [3.8, 4) is 0 Å². The van der Waals surface area contributed by atoms with Crippen molar-refractivity contribution in [2.75, 3.05) is 19.7 Å². The van der Waals surface area contributed by atoms with E-state index >= 15 is 0 Å². The third-order valence-electron chi connectivity index (χ3n) is 3.58. The Balaban J connectivity index is 2.45. The minimum absolute atomic E-state index is 0.0138. The molecule has 1 saturated heterocycles. The summed E-state index contributed by atoms with van der Waals surface area (Å²) in [5.74, 6) is 0. The monoisotopic (exact) mass is 302 g/mol. The molecule has 0 aromatic heterocycles. The normalized spacial score (nSPS) is 24.9. The number of nitrogens with zero attached hydrogens (tertiary/aromatic N) is 1. The van der Waals surface area contributed by atoms with E-state index in [1.54, 1.807) is 0 Å². The zero-order valence-corrected chi connectivity index (χ0v) is 12.8. The predicted octanol–water partition coefficient (Wildman–Crippen LogP) is 3.10. The van der Waals surface area contributed by atoms with Gasteiger partial charge in [0, 0.05) is 34.7 Å². The van der Waals surface area contributed by atoms with Crippen molar-refractivity contribution in [1.82, 2.24) is 4.90 Å². The van der Waals surface area contributed by atoms with Crippen LogP contribution < -0.4 is 5.73 Å². The Labute approximate surface area is 124 Å². The second-order valence-electron chi connectivity index (χ2n) is 5.06. The molecule has 1 aromatic carbocycles. The first kappa shape index (κ1) is 15.1. The average Bonchev–Trinajstić information content (AvgIpc) is 2.38. The molecule has 2 atom stereocenters. The van der Waals surface area contributed by atoms with Crippen molar-refractivity contribution in [1.29, 1.82) is 0 Å². The Morgan fingerprint density at radius 1 is 1.37 bits per heavy atom. The number of hydrogen-bond donors (Lipinski definition) is 1. The summed E-state index contributed by atoms with van der Waals surface area (Å²) in [5.41, 5.74) is 6.78. The number of hydrogen-bond acceptors (Lipinski definition) is 3. The van der Waals surface area contributed by atoms with Crippen LogP contribution in [-0.2, 0) is 4.74 Å². The molecule has 0 bridgehead atoms. The molecule has 2 unspecified atom stereocenters. The van der Waals surface area contributed by atoms with E-state index in [4.69, 9.17) is 33.7 Å². The molecule has 3 nitrogen and oxygen atoms in total. The summed E-state index contributed by atoms with van der Waals surface area (Å²) in [6.07, 6.45) is -0.0754. The van der Waals surface area contributed by atoms with Crippen LogP contribution in [0.1, 0.15) is 25.5 Å². The fourth-order valence-electron chi connectivity index (χ4n) is 2.67. The van der Waals surface area contributed by atoms with Crippen LogP contribution in [0, 0.1) is 0 Å². The van der Waals surface area contributed by atoms with Crippen LogP contribution >= 0.6 is 23.2 Å². The first-order valence-electron chi connectivity index (χ1n) is 6.57. The Morgan fingerprint density at radius 2 is 2.00 bits per heavy atom. The van der Waals surface area contributed by atoms with E-state index in [0.29, 0.717) is 29.2 Å². The van der Waals surface area contributed by atoms with Crippen LogP contribution in [0.5, 0.6) is 0 Å². The molecule has 19 heavy (non-hydrogen) atoms. The number of nitrogens with two attached hydrogens (primary N) is 1. The molecule has 0 spiro atoms. The number of rotatable bonds is 3. The molecule has 2 N–H and O–H groups in total. The van der Waals surface area contributed by atoms with Gasteiger partial charge in [0.25, 0.3) is 0 Å². The molecule has 2 rings (SSSR count). The lowest BCUT2D eigenvalue weighted by Crippen LogP contribution is -2.50. The summed E-state index contributed by atoms with van der Waals surface area (Å²) in [6.45, 7) is 6.34. The Hall–Kier alpha value is -0.320. The molecule has 0 saturated carbocycles. The number of halogens is 2. The summed E-state index contributed by atoms with van der Waals surface area (Å²) >= 11 is 12.7. The second-order valence-corrected chi connectivity index (χ2v) is 5.87. The Bertz CT molecular complexity index is 419. The van der Waals surface area contributed by atoms with Gasteiger partial charge in [0.15, 0.2) is 0 Å². The van der Waals surface area contributed by atoms with Gasteiger partial charge in [-0.05, 0) is 26.0 Å². The third-order valence-corrected chi connectivity index (χ3v) is 4.24.